The van der Waals surface area contributed by atoms with E-state index in [1.165, 1.54) is 5.56 Å². The van der Waals surface area contributed by atoms with Gasteiger partial charge in [-0.25, -0.2) is 0 Å². The number of benzene rings is 1. The average molecular weight is 251 g/mol. The van der Waals surface area contributed by atoms with E-state index >= 15 is 0 Å². The first-order valence-corrected chi connectivity index (χ1v) is 6.71. The van der Waals surface area contributed by atoms with Crippen LogP contribution in [0.15, 0.2) is 24.3 Å². The Morgan fingerprint density at radius 3 is 2.33 bits per heavy atom. The molecule has 0 fully saturated rings. The molecule has 0 aliphatic carbocycles. The number of rotatable bonds is 8. The van der Waals surface area contributed by atoms with Gasteiger partial charge in [-0.15, -0.1) is 0 Å². The highest BCUT2D eigenvalue weighted by atomic mass is 16.5. The molecule has 0 heterocycles. The van der Waals surface area contributed by atoms with Gasteiger partial charge in [0.15, 0.2) is 0 Å². The first kappa shape index (κ1) is 15.0. The highest BCUT2D eigenvalue weighted by molar-refractivity contribution is 5.28. The van der Waals surface area contributed by atoms with Gasteiger partial charge in [0.2, 0.25) is 0 Å². The minimum atomic E-state index is 0.299. The van der Waals surface area contributed by atoms with E-state index in [0.717, 1.165) is 18.9 Å². The van der Waals surface area contributed by atoms with Gasteiger partial charge in [0.1, 0.15) is 5.75 Å². The van der Waals surface area contributed by atoms with Crippen LogP contribution in [0.25, 0.3) is 0 Å². The Hall–Kier alpha value is -1.06. The van der Waals surface area contributed by atoms with Crippen LogP contribution in [0.1, 0.15) is 39.3 Å². The summed E-state index contributed by atoms with van der Waals surface area (Å²) >= 11 is 0. The van der Waals surface area contributed by atoms with Crippen molar-refractivity contribution in [1.29, 1.82) is 0 Å². The summed E-state index contributed by atoms with van der Waals surface area (Å²) in [7, 11) is 0. The van der Waals surface area contributed by atoms with Crippen molar-refractivity contribution in [3.63, 3.8) is 0 Å². The van der Waals surface area contributed by atoms with Crippen LogP contribution in [-0.4, -0.2) is 25.9 Å². The molecule has 0 aliphatic rings. The van der Waals surface area contributed by atoms with Crippen molar-refractivity contribution in [1.82, 2.24) is 5.32 Å². The van der Waals surface area contributed by atoms with Crippen LogP contribution in [0.3, 0.4) is 0 Å². The van der Waals surface area contributed by atoms with E-state index in [2.05, 4.69) is 38.2 Å². The molecule has 3 heteroatoms. The van der Waals surface area contributed by atoms with E-state index in [4.69, 9.17) is 9.47 Å². The molecule has 18 heavy (non-hydrogen) atoms. The summed E-state index contributed by atoms with van der Waals surface area (Å²) < 4.78 is 10.9. The average Bonchev–Trinajstić information content (AvgIpc) is 2.35. The topological polar surface area (TPSA) is 30.5 Å². The number of hydrogen-bond donors (Lipinski definition) is 1. The zero-order valence-corrected chi connectivity index (χ0v) is 11.9. The Morgan fingerprint density at radius 1 is 1.11 bits per heavy atom. The first-order valence-electron chi connectivity index (χ1n) is 6.71. The molecular formula is C15H25NO2. The summed E-state index contributed by atoms with van der Waals surface area (Å²) in [6.07, 6.45) is 0.299. The van der Waals surface area contributed by atoms with Gasteiger partial charge >= 0.3 is 0 Å². The predicted octanol–water partition coefficient (Wildman–Crippen LogP) is 3.16. The molecule has 0 radical (unpaired) electrons. The van der Waals surface area contributed by atoms with Gasteiger partial charge in [-0.05, 0) is 45.4 Å². The molecule has 102 valence electrons. The van der Waals surface area contributed by atoms with Crippen molar-refractivity contribution in [3.05, 3.63) is 29.8 Å². The quantitative estimate of drug-likeness (QED) is 0.720. The molecule has 0 saturated heterocycles. The van der Waals surface area contributed by atoms with E-state index < -0.39 is 0 Å². The largest absolute Gasteiger partial charge is 0.494 e. The normalized spacial score (nSPS) is 12.7. The van der Waals surface area contributed by atoms with Crippen molar-refractivity contribution in [2.75, 3.05) is 19.8 Å². The van der Waals surface area contributed by atoms with Crippen LogP contribution in [-0.2, 0) is 4.74 Å². The molecule has 1 rings (SSSR count). The van der Waals surface area contributed by atoms with Crippen LogP contribution in [0.4, 0.5) is 0 Å². The molecule has 0 spiro atoms. The molecule has 3 nitrogen and oxygen atoms in total. The molecule has 1 aromatic rings. The van der Waals surface area contributed by atoms with Crippen molar-refractivity contribution in [2.24, 2.45) is 0 Å². The van der Waals surface area contributed by atoms with Gasteiger partial charge in [-0.1, -0.05) is 12.1 Å². The molecule has 1 unspecified atom stereocenters. The number of nitrogens with one attached hydrogen (secondary N) is 1. The second-order valence-electron chi connectivity index (χ2n) is 4.60. The summed E-state index contributed by atoms with van der Waals surface area (Å²) in [5.41, 5.74) is 1.27. The van der Waals surface area contributed by atoms with Crippen LogP contribution >= 0.6 is 0 Å². The van der Waals surface area contributed by atoms with E-state index in [-0.39, 0.29) is 0 Å². The molecule has 1 N–H and O–H groups in total. The summed E-state index contributed by atoms with van der Waals surface area (Å²) in [5, 5.41) is 3.44. The van der Waals surface area contributed by atoms with Gasteiger partial charge in [0.05, 0.1) is 19.3 Å². The van der Waals surface area contributed by atoms with Crippen LogP contribution < -0.4 is 10.1 Å². The fraction of sp³-hybridized carbons (Fsp3) is 0.600. The number of hydrogen-bond acceptors (Lipinski definition) is 3. The maximum absolute atomic E-state index is 5.50. The smallest absolute Gasteiger partial charge is 0.119 e. The van der Waals surface area contributed by atoms with Gasteiger partial charge in [0.25, 0.3) is 0 Å². The van der Waals surface area contributed by atoms with Crippen LogP contribution in [0, 0.1) is 0 Å². The Balaban J connectivity index is 2.34. The van der Waals surface area contributed by atoms with Crippen LogP contribution in [0.2, 0.25) is 0 Å². The minimum absolute atomic E-state index is 0.299. The van der Waals surface area contributed by atoms with E-state index in [0.29, 0.717) is 18.8 Å². The van der Waals surface area contributed by atoms with Gasteiger partial charge in [-0.3, -0.25) is 0 Å². The van der Waals surface area contributed by atoms with Crippen molar-refractivity contribution in [3.8, 4) is 5.75 Å². The van der Waals surface area contributed by atoms with Crippen LogP contribution in [0.5, 0.6) is 5.75 Å². The minimum Gasteiger partial charge on any atom is -0.494 e. The first-order chi connectivity index (χ1) is 8.63. The monoisotopic (exact) mass is 251 g/mol. The lowest BCUT2D eigenvalue weighted by molar-refractivity contribution is 0.0796. The summed E-state index contributed by atoms with van der Waals surface area (Å²) in [4.78, 5) is 0. The summed E-state index contributed by atoms with van der Waals surface area (Å²) in [5.74, 6) is 0.927. The second kappa shape index (κ2) is 8.11. The van der Waals surface area contributed by atoms with Crippen molar-refractivity contribution < 1.29 is 9.47 Å². The molecule has 0 amide bonds. The van der Waals surface area contributed by atoms with Gasteiger partial charge in [-0.2, -0.15) is 0 Å². The lowest BCUT2D eigenvalue weighted by atomic mass is 10.1. The molecule has 0 aromatic heterocycles. The molecule has 1 atom stereocenters. The fourth-order valence-electron chi connectivity index (χ4n) is 1.71. The number of ether oxygens (including phenoxy) is 2. The lowest BCUT2D eigenvalue weighted by Crippen LogP contribution is -2.24. The highest BCUT2D eigenvalue weighted by Gasteiger charge is 2.04. The molecule has 0 aliphatic heterocycles. The molecule has 0 saturated carbocycles. The Labute approximate surface area is 110 Å². The lowest BCUT2D eigenvalue weighted by Gasteiger charge is -2.15. The van der Waals surface area contributed by atoms with Crippen molar-refractivity contribution >= 4 is 0 Å². The standard InChI is InChI=1S/C15H25NO2/c1-5-17-15-8-6-14(7-9-15)13(4)16-10-11-18-12(2)3/h6-9,12-13,16H,5,10-11H2,1-4H3. The predicted molar refractivity (Wildman–Crippen MR) is 75.1 cm³/mol. The maximum Gasteiger partial charge on any atom is 0.119 e. The summed E-state index contributed by atoms with van der Waals surface area (Å²) in [6, 6.07) is 8.57. The second-order valence-corrected chi connectivity index (χ2v) is 4.60. The Bertz CT molecular complexity index is 322. The third-order valence-corrected chi connectivity index (χ3v) is 2.69. The third kappa shape index (κ3) is 5.52. The molecule has 0 bridgehead atoms. The SMILES string of the molecule is CCOc1ccc(C(C)NCCOC(C)C)cc1. The third-order valence-electron chi connectivity index (χ3n) is 2.69. The van der Waals surface area contributed by atoms with Gasteiger partial charge in [0, 0.05) is 12.6 Å². The highest BCUT2D eigenvalue weighted by Crippen LogP contribution is 2.17. The van der Waals surface area contributed by atoms with Crippen molar-refractivity contribution in [2.45, 2.75) is 39.8 Å². The maximum atomic E-state index is 5.50. The van der Waals surface area contributed by atoms with E-state index in [1.54, 1.807) is 0 Å². The van der Waals surface area contributed by atoms with E-state index in [1.807, 2.05) is 19.1 Å². The zero-order chi connectivity index (χ0) is 13.4. The Kier molecular flexibility index (Phi) is 6.76. The summed E-state index contributed by atoms with van der Waals surface area (Å²) in [6.45, 7) is 10.6. The molecular weight excluding hydrogens is 226 g/mol. The molecule has 1 aromatic carbocycles. The van der Waals surface area contributed by atoms with E-state index in [9.17, 15) is 0 Å². The Morgan fingerprint density at radius 2 is 1.78 bits per heavy atom. The zero-order valence-electron chi connectivity index (χ0n) is 11.9. The van der Waals surface area contributed by atoms with Gasteiger partial charge < -0.3 is 14.8 Å². The fourth-order valence-corrected chi connectivity index (χ4v) is 1.71.